The second-order valence-corrected chi connectivity index (χ2v) is 3.78. The zero-order valence-electron chi connectivity index (χ0n) is 7.64. The van der Waals surface area contributed by atoms with E-state index in [0.717, 1.165) is 0 Å². The summed E-state index contributed by atoms with van der Waals surface area (Å²) in [5.41, 5.74) is 0. The first-order chi connectivity index (χ1) is 7.27. The van der Waals surface area contributed by atoms with Gasteiger partial charge in [0.1, 0.15) is 0 Å². The molecular formula is C11H7ClCrO2. The molecule has 0 radical (unpaired) electrons. The van der Waals surface area contributed by atoms with Crippen LogP contribution < -0.4 is 4.74 Å². The fraction of sp³-hybridized carbons (Fsp3) is 0. The quantitative estimate of drug-likeness (QED) is 0.844. The van der Waals surface area contributed by atoms with Gasteiger partial charge in [-0.05, 0) is 0 Å². The molecule has 0 fully saturated rings. The molecular weight excluding hydrogens is 252 g/mol. The molecule has 15 heavy (non-hydrogen) atoms. The molecule has 0 saturated carbocycles. The Hall–Kier alpha value is -1.01. The monoisotopic (exact) mass is 258 g/mol. The summed E-state index contributed by atoms with van der Waals surface area (Å²) in [4.78, 5) is 0. The van der Waals surface area contributed by atoms with Crippen molar-refractivity contribution in [3.8, 4) is 5.75 Å². The summed E-state index contributed by atoms with van der Waals surface area (Å²) in [5, 5.41) is 0.566. The first-order valence-corrected chi connectivity index (χ1v) is 5.29. The van der Waals surface area contributed by atoms with E-state index >= 15 is 0 Å². The average molecular weight is 259 g/mol. The fourth-order valence-electron chi connectivity index (χ4n) is 1.07. The van der Waals surface area contributed by atoms with Crippen molar-refractivity contribution >= 4 is 16.2 Å². The first kappa shape index (κ1) is 10.5. The number of hydrogen-bond donors (Lipinski definition) is 0. The molecule has 76 valence electrons. The van der Waals surface area contributed by atoms with Crippen molar-refractivity contribution in [2.24, 2.45) is 0 Å². The molecule has 0 bridgehead atoms. The third-order valence-corrected chi connectivity index (χ3v) is 2.52. The van der Waals surface area contributed by atoms with Gasteiger partial charge in [0, 0.05) is 0 Å². The summed E-state index contributed by atoms with van der Waals surface area (Å²) in [6, 6.07) is 10.9. The van der Waals surface area contributed by atoms with Crippen molar-refractivity contribution < 1.29 is 25.0 Å². The van der Waals surface area contributed by atoms with Crippen LogP contribution in [0.25, 0.3) is 0 Å². The van der Waals surface area contributed by atoms with Crippen molar-refractivity contribution in [3.05, 3.63) is 53.4 Å². The summed E-state index contributed by atoms with van der Waals surface area (Å²) in [7, 11) is 0. The van der Waals surface area contributed by atoms with Crippen LogP contribution in [-0.4, -0.2) is 4.57 Å². The van der Waals surface area contributed by atoms with Crippen LogP contribution in [0.15, 0.2) is 47.1 Å². The van der Waals surface area contributed by atoms with Gasteiger partial charge in [-0.1, -0.05) is 0 Å². The number of halogens is 1. The Balaban J connectivity index is 2.17. The Morgan fingerprint density at radius 2 is 2.00 bits per heavy atom. The normalized spacial score (nSPS) is 9.93. The van der Waals surface area contributed by atoms with Gasteiger partial charge in [0.2, 0.25) is 0 Å². The van der Waals surface area contributed by atoms with E-state index in [-0.39, 0.29) is 0 Å². The van der Waals surface area contributed by atoms with Gasteiger partial charge >= 0.3 is 100 Å². The third kappa shape index (κ3) is 2.51. The van der Waals surface area contributed by atoms with Crippen LogP contribution >= 0.6 is 11.6 Å². The molecule has 2 nitrogen and oxygen atoms in total. The van der Waals surface area contributed by atoms with Gasteiger partial charge < -0.3 is 0 Å². The fourth-order valence-corrected chi connectivity index (χ4v) is 1.57. The summed E-state index contributed by atoms with van der Waals surface area (Å²) in [6.45, 7) is 0. The van der Waals surface area contributed by atoms with Crippen LogP contribution in [-0.2, 0) is 15.9 Å². The van der Waals surface area contributed by atoms with Gasteiger partial charge in [-0.25, -0.2) is 0 Å². The molecule has 0 aliphatic heterocycles. The molecule has 0 unspecified atom stereocenters. The molecule has 0 aliphatic rings. The van der Waals surface area contributed by atoms with Crippen molar-refractivity contribution in [3.63, 3.8) is 0 Å². The molecule has 0 spiro atoms. The van der Waals surface area contributed by atoms with Gasteiger partial charge in [0.15, 0.2) is 0 Å². The standard InChI is InChI=1S/C11H7ClO2.Cr/c12-10-5-1-2-6-11(10)14-8-9-4-3-7-13-9;/h1-7H;. The number of furan rings is 1. The predicted octanol–water partition coefficient (Wildman–Crippen LogP) is 3.04. The zero-order valence-corrected chi connectivity index (χ0v) is 9.68. The topological polar surface area (TPSA) is 22.4 Å². The second kappa shape index (κ2) is 4.67. The Kier molecular flexibility index (Phi) is 3.28. The van der Waals surface area contributed by atoms with E-state index in [2.05, 4.69) is 15.9 Å². The third-order valence-electron chi connectivity index (χ3n) is 1.76. The molecule has 4 heteroatoms. The van der Waals surface area contributed by atoms with Gasteiger partial charge in [-0.15, -0.1) is 0 Å². The predicted molar refractivity (Wildman–Crippen MR) is 54.9 cm³/mol. The van der Waals surface area contributed by atoms with Crippen LogP contribution in [0.2, 0.25) is 5.02 Å². The number of rotatable bonds is 3. The van der Waals surface area contributed by atoms with Crippen molar-refractivity contribution in [1.29, 1.82) is 0 Å². The molecule has 0 atom stereocenters. The first-order valence-electron chi connectivity index (χ1n) is 4.27. The molecule has 1 heterocycles. The summed E-state index contributed by atoms with van der Waals surface area (Å²) in [6.07, 6.45) is 1.59. The van der Waals surface area contributed by atoms with E-state index in [1.165, 1.54) is 0 Å². The van der Waals surface area contributed by atoms with Gasteiger partial charge in [-0.3, -0.25) is 0 Å². The molecule has 2 rings (SSSR count). The van der Waals surface area contributed by atoms with Crippen LogP contribution in [0.1, 0.15) is 5.76 Å². The van der Waals surface area contributed by atoms with Gasteiger partial charge in [-0.2, -0.15) is 0 Å². The average Bonchev–Trinajstić information content (AvgIpc) is 2.74. The number of ether oxygens (including phenoxy) is 1. The summed E-state index contributed by atoms with van der Waals surface area (Å²) in [5.74, 6) is 1.25. The van der Waals surface area contributed by atoms with E-state index in [0.29, 0.717) is 21.1 Å². The molecule has 0 saturated heterocycles. The van der Waals surface area contributed by atoms with Crippen LogP contribution in [0.3, 0.4) is 0 Å². The van der Waals surface area contributed by atoms with Crippen LogP contribution in [0.5, 0.6) is 5.75 Å². The SMILES string of the molecule is Clc1ccccc1O[C](=[Cr])c1ccco1. The van der Waals surface area contributed by atoms with Crippen LogP contribution in [0, 0.1) is 0 Å². The minimum absolute atomic E-state index is 0.563. The van der Waals surface area contributed by atoms with E-state index in [4.69, 9.17) is 20.8 Å². The van der Waals surface area contributed by atoms with Crippen molar-refractivity contribution in [2.75, 3.05) is 0 Å². The number of para-hydroxylation sites is 1. The summed E-state index contributed by atoms with van der Waals surface area (Å²) < 4.78 is 11.3. The van der Waals surface area contributed by atoms with Gasteiger partial charge in [0.05, 0.1) is 0 Å². The summed E-state index contributed by atoms with van der Waals surface area (Å²) >= 11 is 8.74. The molecule has 1 aromatic heterocycles. The van der Waals surface area contributed by atoms with E-state index in [1.807, 2.05) is 18.2 Å². The molecule has 1 aromatic carbocycles. The number of benzene rings is 1. The van der Waals surface area contributed by atoms with Crippen LogP contribution in [0.4, 0.5) is 0 Å². The molecule has 0 N–H and O–H groups in total. The molecule has 0 aliphatic carbocycles. The van der Waals surface area contributed by atoms with Crippen molar-refractivity contribution in [2.45, 2.75) is 0 Å². The molecule has 0 amide bonds. The van der Waals surface area contributed by atoms with E-state index < -0.39 is 0 Å². The Labute approximate surface area is 100 Å². The zero-order chi connectivity index (χ0) is 10.7. The Bertz CT molecular complexity index is 465. The Morgan fingerprint density at radius 1 is 1.20 bits per heavy atom. The maximum atomic E-state index is 5.95. The second-order valence-electron chi connectivity index (χ2n) is 2.80. The van der Waals surface area contributed by atoms with E-state index in [9.17, 15) is 0 Å². The Morgan fingerprint density at radius 3 is 2.67 bits per heavy atom. The number of hydrogen-bond acceptors (Lipinski definition) is 2. The van der Waals surface area contributed by atoms with E-state index in [1.54, 1.807) is 24.5 Å². The molecule has 2 aromatic rings. The minimum atomic E-state index is 0.563. The van der Waals surface area contributed by atoms with Crippen molar-refractivity contribution in [1.82, 2.24) is 0 Å². The van der Waals surface area contributed by atoms with Gasteiger partial charge in [0.25, 0.3) is 0 Å². The maximum absolute atomic E-state index is 5.95.